The Morgan fingerprint density at radius 1 is 1.43 bits per heavy atom. The average molecular weight is 195 g/mol. The van der Waals surface area contributed by atoms with Gasteiger partial charge in [0.05, 0.1) is 12.1 Å². The van der Waals surface area contributed by atoms with Crippen molar-refractivity contribution in [2.45, 2.75) is 44.2 Å². The van der Waals surface area contributed by atoms with Crippen molar-refractivity contribution in [1.82, 2.24) is 5.32 Å². The van der Waals surface area contributed by atoms with Crippen LogP contribution in [-0.2, 0) is 9.53 Å². The maximum atomic E-state index is 11.0. The molecule has 0 radical (unpaired) electrons. The second-order valence-electron chi connectivity index (χ2n) is 4.09. The van der Waals surface area contributed by atoms with Crippen molar-refractivity contribution >= 4 is 5.78 Å². The first kappa shape index (κ1) is 9.71. The minimum atomic E-state index is 0.250. The third-order valence-electron chi connectivity index (χ3n) is 3.10. The molecule has 0 aromatic rings. The monoisotopic (exact) mass is 195 g/mol. The molecule has 2 atom stereocenters. The molecule has 2 unspecified atom stereocenters. The number of allylic oxidation sites excluding steroid dienone is 2. The molecule has 78 valence electrons. The van der Waals surface area contributed by atoms with Gasteiger partial charge in [-0.2, -0.15) is 0 Å². The van der Waals surface area contributed by atoms with E-state index < -0.39 is 0 Å². The summed E-state index contributed by atoms with van der Waals surface area (Å²) in [7, 11) is 1.76. The Balaban J connectivity index is 1.90. The van der Waals surface area contributed by atoms with Crippen molar-refractivity contribution in [2.75, 3.05) is 7.11 Å². The summed E-state index contributed by atoms with van der Waals surface area (Å²) in [5, 5.41) is 3.42. The Bertz CT molecular complexity index is 260. The molecule has 1 N–H and O–H groups in total. The van der Waals surface area contributed by atoms with Crippen LogP contribution in [0.5, 0.6) is 0 Å². The number of nitrogens with one attached hydrogen (secondary N) is 1. The fourth-order valence-corrected chi connectivity index (χ4v) is 2.32. The molecule has 0 bridgehead atoms. The third kappa shape index (κ3) is 1.98. The fraction of sp³-hybridized carbons (Fsp3) is 0.727. The van der Waals surface area contributed by atoms with Crippen LogP contribution >= 0.6 is 0 Å². The van der Waals surface area contributed by atoms with Gasteiger partial charge in [-0.05, 0) is 25.7 Å². The molecular formula is C11H17NO2. The van der Waals surface area contributed by atoms with Crippen LogP contribution in [0.4, 0.5) is 0 Å². The highest BCUT2D eigenvalue weighted by Crippen LogP contribution is 2.24. The molecule has 0 heterocycles. The molecule has 0 aliphatic heterocycles. The molecule has 1 fully saturated rings. The van der Waals surface area contributed by atoms with Crippen LogP contribution in [0.25, 0.3) is 0 Å². The highest BCUT2D eigenvalue weighted by Gasteiger charge is 2.28. The molecule has 3 nitrogen and oxygen atoms in total. The van der Waals surface area contributed by atoms with Gasteiger partial charge in [0.25, 0.3) is 0 Å². The maximum absolute atomic E-state index is 11.0. The van der Waals surface area contributed by atoms with E-state index in [2.05, 4.69) is 5.32 Å². The van der Waals surface area contributed by atoms with Crippen molar-refractivity contribution in [2.24, 2.45) is 0 Å². The van der Waals surface area contributed by atoms with Gasteiger partial charge in [0, 0.05) is 25.3 Å². The van der Waals surface area contributed by atoms with E-state index in [1.165, 1.54) is 6.42 Å². The number of methoxy groups -OCH3 is 1. The van der Waals surface area contributed by atoms with Gasteiger partial charge in [-0.1, -0.05) is 0 Å². The number of rotatable bonds is 3. The van der Waals surface area contributed by atoms with Crippen LogP contribution in [0.3, 0.4) is 0 Å². The first-order chi connectivity index (χ1) is 6.79. The lowest BCUT2D eigenvalue weighted by Crippen LogP contribution is -2.35. The summed E-state index contributed by atoms with van der Waals surface area (Å²) in [6.45, 7) is 0. The van der Waals surface area contributed by atoms with Crippen molar-refractivity contribution in [1.29, 1.82) is 0 Å². The Labute approximate surface area is 84.5 Å². The largest absolute Gasteiger partial charge is 0.383 e. The minimum Gasteiger partial charge on any atom is -0.383 e. The second-order valence-corrected chi connectivity index (χ2v) is 4.09. The number of ketones is 1. The van der Waals surface area contributed by atoms with Gasteiger partial charge in [0.15, 0.2) is 5.78 Å². The number of carbonyl (C=O) groups excluding carboxylic acids is 1. The lowest BCUT2D eigenvalue weighted by atomic mass is 10.2. The van der Waals surface area contributed by atoms with Gasteiger partial charge in [-0.25, -0.2) is 0 Å². The predicted molar refractivity (Wildman–Crippen MR) is 53.9 cm³/mol. The zero-order chi connectivity index (χ0) is 9.97. The zero-order valence-corrected chi connectivity index (χ0v) is 8.58. The number of hydrogen-bond acceptors (Lipinski definition) is 3. The highest BCUT2D eigenvalue weighted by atomic mass is 16.5. The minimum absolute atomic E-state index is 0.250. The summed E-state index contributed by atoms with van der Waals surface area (Å²) in [6, 6.07) is 0.414. The predicted octanol–water partition coefficient (Wildman–Crippen LogP) is 1.39. The summed E-state index contributed by atoms with van der Waals surface area (Å²) in [4.78, 5) is 11.0. The third-order valence-corrected chi connectivity index (χ3v) is 3.10. The molecule has 14 heavy (non-hydrogen) atoms. The first-order valence-electron chi connectivity index (χ1n) is 5.32. The smallest absolute Gasteiger partial charge is 0.157 e. The summed E-state index contributed by atoms with van der Waals surface area (Å²) < 4.78 is 5.39. The van der Waals surface area contributed by atoms with E-state index in [9.17, 15) is 4.79 Å². The molecule has 1 saturated carbocycles. The fourth-order valence-electron chi connectivity index (χ4n) is 2.32. The second kappa shape index (κ2) is 4.13. The zero-order valence-electron chi connectivity index (χ0n) is 8.58. The van der Waals surface area contributed by atoms with E-state index in [0.717, 1.165) is 25.0 Å². The highest BCUT2D eigenvalue weighted by molar-refractivity contribution is 5.92. The van der Waals surface area contributed by atoms with Gasteiger partial charge in [-0.15, -0.1) is 0 Å². The Morgan fingerprint density at radius 2 is 2.29 bits per heavy atom. The Kier molecular flexibility index (Phi) is 2.87. The van der Waals surface area contributed by atoms with E-state index in [4.69, 9.17) is 4.74 Å². The number of hydrogen-bond donors (Lipinski definition) is 1. The molecule has 2 rings (SSSR count). The topological polar surface area (TPSA) is 38.3 Å². The molecule has 0 aromatic carbocycles. The van der Waals surface area contributed by atoms with Crippen LogP contribution in [0.2, 0.25) is 0 Å². The van der Waals surface area contributed by atoms with E-state index in [0.29, 0.717) is 18.6 Å². The van der Waals surface area contributed by atoms with Gasteiger partial charge in [0.1, 0.15) is 0 Å². The van der Waals surface area contributed by atoms with E-state index in [1.54, 1.807) is 13.2 Å². The number of carbonyl (C=O) groups is 1. The van der Waals surface area contributed by atoms with E-state index in [1.807, 2.05) is 0 Å². The van der Waals surface area contributed by atoms with Crippen LogP contribution in [0.15, 0.2) is 11.8 Å². The first-order valence-corrected chi connectivity index (χ1v) is 5.32. The van der Waals surface area contributed by atoms with Crippen molar-refractivity contribution in [3.63, 3.8) is 0 Å². The summed E-state index contributed by atoms with van der Waals surface area (Å²) in [5.41, 5.74) is 1.10. The standard InChI is InChI=1S/C11H17NO2/c1-14-11-4-2-3-10(11)12-8-5-6-9(13)7-8/h7,10-12H,2-6H2,1H3. The van der Waals surface area contributed by atoms with Gasteiger partial charge in [-0.3, -0.25) is 4.79 Å². The quantitative estimate of drug-likeness (QED) is 0.739. The Hall–Kier alpha value is -0.830. The van der Waals surface area contributed by atoms with Crippen LogP contribution < -0.4 is 5.32 Å². The molecule has 3 heteroatoms. The summed E-state index contributed by atoms with van der Waals surface area (Å²) in [5.74, 6) is 0.250. The van der Waals surface area contributed by atoms with Gasteiger partial charge < -0.3 is 10.1 Å². The van der Waals surface area contributed by atoms with Crippen molar-refractivity contribution < 1.29 is 9.53 Å². The average Bonchev–Trinajstić information content (AvgIpc) is 2.76. The van der Waals surface area contributed by atoms with Crippen LogP contribution in [0, 0.1) is 0 Å². The molecular weight excluding hydrogens is 178 g/mol. The molecule has 2 aliphatic rings. The Morgan fingerprint density at radius 3 is 2.93 bits per heavy atom. The lowest BCUT2D eigenvalue weighted by molar-refractivity contribution is -0.114. The molecule has 0 aromatic heterocycles. The van der Waals surface area contributed by atoms with Crippen molar-refractivity contribution in [3.8, 4) is 0 Å². The normalized spacial score (nSPS) is 32.1. The van der Waals surface area contributed by atoms with Crippen LogP contribution in [-0.4, -0.2) is 25.0 Å². The van der Waals surface area contributed by atoms with Crippen LogP contribution in [0.1, 0.15) is 32.1 Å². The van der Waals surface area contributed by atoms with E-state index >= 15 is 0 Å². The molecule has 0 spiro atoms. The molecule has 0 amide bonds. The van der Waals surface area contributed by atoms with Gasteiger partial charge in [0.2, 0.25) is 0 Å². The SMILES string of the molecule is COC1CCCC1NC1=CC(=O)CC1. The van der Waals surface area contributed by atoms with Crippen molar-refractivity contribution in [3.05, 3.63) is 11.8 Å². The molecule has 2 aliphatic carbocycles. The lowest BCUT2D eigenvalue weighted by Gasteiger charge is -2.21. The maximum Gasteiger partial charge on any atom is 0.157 e. The van der Waals surface area contributed by atoms with E-state index in [-0.39, 0.29) is 5.78 Å². The van der Waals surface area contributed by atoms with Gasteiger partial charge >= 0.3 is 0 Å². The molecule has 0 saturated heterocycles. The summed E-state index contributed by atoms with van der Waals surface area (Å²) in [6.07, 6.45) is 7.13. The number of ether oxygens (including phenoxy) is 1. The summed E-state index contributed by atoms with van der Waals surface area (Å²) >= 11 is 0.